The molecule has 0 amide bonds. The van der Waals surface area contributed by atoms with E-state index in [-0.39, 0.29) is 6.10 Å². The molecular weight excluding hydrogens is 172 g/mol. The minimum Gasteiger partial charge on any atom is -0.388 e. The van der Waals surface area contributed by atoms with Gasteiger partial charge in [0.25, 0.3) is 0 Å². The van der Waals surface area contributed by atoms with Crippen molar-refractivity contribution in [2.45, 2.75) is 26.4 Å². The largest absolute Gasteiger partial charge is 0.388 e. The average molecular weight is 188 g/mol. The van der Waals surface area contributed by atoms with Crippen molar-refractivity contribution in [3.63, 3.8) is 0 Å². The number of aliphatic hydroxyl groups is 1. The fraction of sp³-hybridized carbons (Fsp3) is 0.385. The van der Waals surface area contributed by atoms with Crippen LogP contribution in [0.4, 0.5) is 0 Å². The first kappa shape index (κ1) is 9.47. The molecule has 0 saturated carbocycles. The van der Waals surface area contributed by atoms with Crippen LogP contribution in [0.25, 0.3) is 6.08 Å². The van der Waals surface area contributed by atoms with Crippen LogP contribution in [0.2, 0.25) is 0 Å². The molecule has 1 nitrogen and oxygen atoms in total. The van der Waals surface area contributed by atoms with Gasteiger partial charge in [0.15, 0.2) is 0 Å². The summed E-state index contributed by atoms with van der Waals surface area (Å²) < 4.78 is 0. The number of rotatable bonds is 2. The summed E-state index contributed by atoms with van der Waals surface area (Å²) in [5.41, 5.74) is 3.76. The van der Waals surface area contributed by atoms with Gasteiger partial charge in [-0.1, -0.05) is 44.2 Å². The van der Waals surface area contributed by atoms with Crippen LogP contribution in [-0.4, -0.2) is 11.2 Å². The normalized spacial score (nSPS) is 16.7. The van der Waals surface area contributed by atoms with E-state index in [1.807, 2.05) is 6.07 Å². The fourth-order valence-electron chi connectivity index (χ4n) is 1.92. The minimum absolute atomic E-state index is 0.289. The zero-order chi connectivity index (χ0) is 10.1. The van der Waals surface area contributed by atoms with Gasteiger partial charge in [0.2, 0.25) is 0 Å². The topological polar surface area (TPSA) is 20.2 Å². The molecule has 0 aromatic heterocycles. The molecule has 1 aliphatic rings. The Kier molecular flexibility index (Phi) is 2.42. The Labute approximate surface area is 85.1 Å². The van der Waals surface area contributed by atoms with Gasteiger partial charge in [-0.15, -0.1) is 0 Å². The maximum atomic E-state index is 9.93. The summed E-state index contributed by atoms with van der Waals surface area (Å²) in [7, 11) is 0. The second kappa shape index (κ2) is 3.58. The SMILES string of the molecule is CC(C)C(O)C1=Cc2ccccc2C1. The first-order valence-electron chi connectivity index (χ1n) is 5.15. The van der Waals surface area contributed by atoms with Gasteiger partial charge in [-0.3, -0.25) is 0 Å². The molecule has 1 aliphatic carbocycles. The van der Waals surface area contributed by atoms with E-state index in [1.54, 1.807) is 0 Å². The van der Waals surface area contributed by atoms with Crippen molar-refractivity contribution in [3.8, 4) is 0 Å². The zero-order valence-corrected chi connectivity index (χ0v) is 8.70. The van der Waals surface area contributed by atoms with Crippen molar-refractivity contribution in [1.29, 1.82) is 0 Å². The van der Waals surface area contributed by atoms with Crippen molar-refractivity contribution >= 4 is 6.08 Å². The van der Waals surface area contributed by atoms with Crippen LogP contribution >= 0.6 is 0 Å². The number of aliphatic hydroxyl groups excluding tert-OH is 1. The summed E-state index contributed by atoms with van der Waals surface area (Å²) in [6.07, 6.45) is 2.75. The molecule has 74 valence electrons. The monoisotopic (exact) mass is 188 g/mol. The predicted octanol–water partition coefficient (Wildman–Crippen LogP) is 2.64. The highest BCUT2D eigenvalue weighted by Gasteiger charge is 2.20. The Morgan fingerprint density at radius 2 is 1.93 bits per heavy atom. The van der Waals surface area contributed by atoms with Gasteiger partial charge in [0.05, 0.1) is 6.10 Å². The van der Waals surface area contributed by atoms with E-state index in [0.717, 1.165) is 12.0 Å². The van der Waals surface area contributed by atoms with Crippen molar-refractivity contribution in [2.75, 3.05) is 0 Å². The molecule has 1 N–H and O–H groups in total. The Morgan fingerprint density at radius 3 is 2.57 bits per heavy atom. The number of fused-ring (bicyclic) bond motifs is 1. The molecular formula is C13H16O. The van der Waals surface area contributed by atoms with Crippen LogP contribution < -0.4 is 0 Å². The molecule has 1 heteroatoms. The van der Waals surface area contributed by atoms with Crippen LogP contribution in [0, 0.1) is 5.92 Å². The van der Waals surface area contributed by atoms with Gasteiger partial charge < -0.3 is 5.11 Å². The van der Waals surface area contributed by atoms with Gasteiger partial charge in [0.1, 0.15) is 0 Å². The maximum Gasteiger partial charge on any atom is 0.0779 e. The standard InChI is InChI=1S/C13H16O/c1-9(2)13(14)12-7-10-5-3-4-6-11(10)8-12/h3-7,9,13-14H,8H2,1-2H3. The summed E-state index contributed by atoms with van der Waals surface area (Å²) in [6.45, 7) is 4.10. The lowest BCUT2D eigenvalue weighted by molar-refractivity contribution is 0.159. The molecule has 0 aliphatic heterocycles. The third kappa shape index (κ3) is 1.60. The quantitative estimate of drug-likeness (QED) is 0.756. The number of benzene rings is 1. The molecule has 0 bridgehead atoms. The van der Waals surface area contributed by atoms with E-state index in [2.05, 4.69) is 38.1 Å². The molecule has 2 rings (SSSR count). The van der Waals surface area contributed by atoms with Crippen molar-refractivity contribution in [1.82, 2.24) is 0 Å². The zero-order valence-electron chi connectivity index (χ0n) is 8.70. The van der Waals surface area contributed by atoms with Crippen molar-refractivity contribution in [3.05, 3.63) is 41.0 Å². The Bertz CT molecular complexity index is 363. The minimum atomic E-state index is -0.289. The van der Waals surface area contributed by atoms with E-state index >= 15 is 0 Å². The van der Waals surface area contributed by atoms with Gasteiger partial charge in [-0.25, -0.2) is 0 Å². The van der Waals surface area contributed by atoms with Crippen LogP contribution in [0.1, 0.15) is 25.0 Å². The summed E-state index contributed by atoms with van der Waals surface area (Å²) in [5, 5.41) is 9.93. The lowest BCUT2D eigenvalue weighted by atomic mass is 9.98. The van der Waals surface area contributed by atoms with Gasteiger partial charge in [0, 0.05) is 0 Å². The first-order valence-corrected chi connectivity index (χ1v) is 5.15. The highest BCUT2D eigenvalue weighted by molar-refractivity contribution is 5.64. The van der Waals surface area contributed by atoms with Crippen LogP contribution in [0.5, 0.6) is 0 Å². The van der Waals surface area contributed by atoms with Gasteiger partial charge in [-0.2, -0.15) is 0 Å². The Balaban J connectivity index is 2.23. The summed E-state index contributed by atoms with van der Waals surface area (Å²) in [4.78, 5) is 0. The van der Waals surface area contributed by atoms with Crippen molar-refractivity contribution < 1.29 is 5.11 Å². The third-order valence-electron chi connectivity index (χ3n) is 2.80. The molecule has 0 saturated heterocycles. The van der Waals surface area contributed by atoms with Crippen LogP contribution in [0.15, 0.2) is 29.8 Å². The molecule has 1 atom stereocenters. The summed E-state index contributed by atoms with van der Waals surface area (Å²) in [6, 6.07) is 8.33. The number of hydrogen-bond acceptors (Lipinski definition) is 1. The molecule has 1 unspecified atom stereocenters. The third-order valence-corrected chi connectivity index (χ3v) is 2.80. The first-order chi connectivity index (χ1) is 6.68. The van der Waals surface area contributed by atoms with Gasteiger partial charge >= 0.3 is 0 Å². The molecule has 1 aromatic rings. The van der Waals surface area contributed by atoms with Crippen LogP contribution in [-0.2, 0) is 6.42 Å². The molecule has 14 heavy (non-hydrogen) atoms. The van der Waals surface area contributed by atoms with E-state index < -0.39 is 0 Å². The second-order valence-corrected chi connectivity index (χ2v) is 4.28. The summed E-state index contributed by atoms with van der Waals surface area (Å²) >= 11 is 0. The van der Waals surface area contributed by atoms with Crippen LogP contribution in [0.3, 0.4) is 0 Å². The maximum absolute atomic E-state index is 9.93. The molecule has 1 aromatic carbocycles. The van der Waals surface area contributed by atoms with E-state index in [1.165, 1.54) is 11.1 Å². The Hall–Kier alpha value is -1.08. The average Bonchev–Trinajstić information content (AvgIpc) is 2.59. The molecule has 0 spiro atoms. The summed E-state index contributed by atoms with van der Waals surface area (Å²) in [5.74, 6) is 0.301. The lowest BCUT2D eigenvalue weighted by Crippen LogP contribution is -2.17. The predicted molar refractivity (Wildman–Crippen MR) is 59.0 cm³/mol. The highest BCUT2D eigenvalue weighted by Crippen LogP contribution is 2.28. The smallest absolute Gasteiger partial charge is 0.0779 e. The van der Waals surface area contributed by atoms with Gasteiger partial charge in [-0.05, 0) is 29.0 Å². The lowest BCUT2D eigenvalue weighted by Gasteiger charge is -2.15. The molecule has 0 fully saturated rings. The molecule has 0 heterocycles. The second-order valence-electron chi connectivity index (χ2n) is 4.28. The number of hydrogen-bond donors (Lipinski definition) is 1. The van der Waals surface area contributed by atoms with Crippen molar-refractivity contribution in [2.24, 2.45) is 5.92 Å². The highest BCUT2D eigenvalue weighted by atomic mass is 16.3. The van der Waals surface area contributed by atoms with E-state index in [4.69, 9.17) is 0 Å². The fourth-order valence-corrected chi connectivity index (χ4v) is 1.92. The van der Waals surface area contributed by atoms with E-state index in [9.17, 15) is 5.11 Å². The van der Waals surface area contributed by atoms with E-state index in [0.29, 0.717) is 5.92 Å². The Morgan fingerprint density at radius 1 is 1.21 bits per heavy atom. The molecule has 0 radical (unpaired) electrons.